The van der Waals surface area contributed by atoms with E-state index >= 15 is 0 Å². The van der Waals surface area contributed by atoms with Crippen LogP contribution in [0.4, 0.5) is 0 Å². The Morgan fingerprint density at radius 3 is 1.32 bits per heavy atom. The lowest BCUT2D eigenvalue weighted by Crippen LogP contribution is -2.03. The normalized spacial score (nSPS) is 11.6. The highest BCUT2D eigenvalue weighted by molar-refractivity contribution is 7.26. The molecule has 13 aromatic rings. The Hall–Kier alpha value is -8.09. The molecule has 0 saturated carbocycles. The Kier molecular flexibility index (Phi) is 9.22. The van der Waals surface area contributed by atoms with Gasteiger partial charge in [-0.25, -0.2) is 15.0 Å². The summed E-state index contributed by atoms with van der Waals surface area (Å²) in [5.74, 6) is 1.91. The van der Waals surface area contributed by atoms with E-state index in [0.29, 0.717) is 17.5 Å². The summed E-state index contributed by atoms with van der Waals surface area (Å²) in [7, 11) is 0. The van der Waals surface area contributed by atoms with Crippen molar-refractivity contribution in [2.24, 2.45) is 0 Å². The third-order valence-corrected chi connectivity index (χ3v) is 15.2. The SMILES string of the molecule is c1ccc(-c2ccc(-c3c(-c4cccc5ccccc45)ccc(-c4ccccc4)c3-c3nc(-c4cccc5c4sc4ccccc45)nc(-c4cccc5c4sc4ccccc45)n3)cc2)cc1. The maximum atomic E-state index is 5.66. The van der Waals surface area contributed by atoms with Gasteiger partial charge < -0.3 is 0 Å². The van der Waals surface area contributed by atoms with Gasteiger partial charge in [-0.15, -0.1) is 22.7 Å². The largest absolute Gasteiger partial charge is 0.208 e. The fourth-order valence-corrected chi connectivity index (χ4v) is 12.1. The van der Waals surface area contributed by atoms with Gasteiger partial charge in [0.05, 0.1) is 0 Å². The van der Waals surface area contributed by atoms with E-state index in [1.54, 1.807) is 22.7 Å². The first kappa shape index (κ1) is 38.4. The molecule has 13 rings (SSSR count). The fourth-order valence-electron chi connectivity index (χ4n) is 9.71. The Morgan fingerprint density at radius 1 is 0.242 bits per heavy atom. The highest BCUT2D eigenvalue weighted by Gasteiger charge is 2.26. The van der Waals surface area contributed by atoms with Crippen molar-refractivity contribution in [1.29, 1.82) is 0 Å². The molecule has 0 aliphatic rings. The molecule has 0 saturated heterocycles. The van der Waals surface area contributed by atoms with E-state index < -0.39 is 0 Å². The van der Waals surface area contributed by atoms with Gasteiger partial charge in [0.25, 0.3) is 0 Å². The fraction of sp³-hybridized carbons (Fsp3) is 0. The molecular formula is C61H37N3S2. The zero-order valence-electron chi connectivity index (χ0n) is 35.5. The minimum Gasteiger partial charge on any atom is -0.208 e. The number of rotatable bonds is 7. The Balaban J connectivity index is 1.16. The van der Waals surface area contributed by atoms with E-state index in [9.17, 15) is 0 Å². The molecule has 3 nitrogen and oxygen atoms in total. The molecule has 0 radical (unpaired) electrons. The summed E-state index contributed by atoms with van der Waals surface area (Å²) in [5, 5.41) is 7.24. The molecule has 3 aromatic heterocycles. The molecule has 0 unspecified atom stereocenters. The predicted molar refractivity (Wildman–Crippen MR) is 281 cm³/mol. The van der Waals surface area contributed by atoms with E-state index in [1.165, 1.54) is 47.3 Å². The number of thiophene rings is 2. The molecule has 0 fully saturated rings. The molecule has 66 heavy (non-hydrogen) atoms. The molecule has 5 heteroatoms. The van der Waals surface area contributed by atoms with E-state index in [1.807, 2.05) is 0 Å². The van der Waals surface area contributed by atoms with Crippen molar-refractivity contribution in [3.05, 3.63) is 224 Å². The van der Waals surface area contributed by atoms with E-state index in [4.69, 9.17) is 15.0 Å². The smallest absolute Gasteiger partial charge is 0.165 e. The number of benzene rings is 10. The number of hydrogen-bond donors (Lipinski definition) is 0. The first-order chi connectivity index (χ1) is 32.7. The molecular weight excluding hydrogens is 839 g/mol. The Morgan fingerprint density at radius 2 is 0.682 bits per heavy atom. The van der Waals surface area contributed by atoms with Crippen molar-refractivity contribution >= 4 is 73.8 Å². The molecule has 0 amide bonds. The topological polar surface area (TPSA) is 38.7 Å². The van der Waals surface area contributed by atoms with Gasteiger partial charge in [0, 0.05) is 62.6 Å². The zero-order chi connectivity index (χ0) is 43.6. The third kappa shape index (κ3) is 6.43. The van der Waals surface area contributed by atoms with Gasteiger partial charge >= 0.3 is 0 Å². The van der Waals surface area contributed by atoms with Crippen LogP contribution in [0.1, 0.15) is 0 Å². The van der Waals surface area contributed by atoms with Crippen LogP contribution in [-0.2, 0) is 0 Å². The lowest BCUT2D eigenvalue weighted by Gasteiger charge is -2.21. The first-order valence-corrected chi connectivity index (χ1v) is 23.8. The maximum absolute atomic E-state index is 5.66. The molecule has 10 aromatic carbocycles. The van der Waals surface area contributed by atoms with Gasteiger partial charge in [-0.05, 0) is 74.0 Å². The number of aromatic nitrogens is 3. The average molecular weight is 876 g/mol. The summed E-state index contributed by atoms with van der Waals surface area (Å²) >= 11 is 3.59. The lowest BCUT2D eigenvalue weighted by molar-refractivity contribution is 1.08. The molecule has 0 aliphatic heterocycles. The first-order valence-electron chi connectivity index (χ1n) is 22.2. The molecule has 308 valence electrons. The van der Waals surface area contributed by atoms with Crippen molar-refractivity contribution in [3.8, 4) is 78.7 Å². The molecule has 0 spiro atoms. The summed E-state index contributed by atoms with van der Waals surface area (Å²) in [6.45, 7) is 0. The van der Waals surface area contributed by atoms with Crippen LogP contribution in [0.2, 0.25) is 0 Å². The molecule has 0 N–H and O–H groups in total. The number of hydrogen-bond acceptors (Lipinski definition) is 5. The number of fused-ring (bicyclic) bond motifs is 7. The van der Waals surface area contributed by atoms with Gasteiger partial charge in [-0.2, -0.15) is 0 Å². The van der Waals surface area contributed by atoms with Crippen LogP contribution in [0.25, 0.3) is 130 Å². The van der Waals surface area contributed by atoms with Gasteiger partial charge in [-0.3, -0.25) is 0 Å². The maximum Gasteiger partial charge on any atom is 0.165 e. The molecule has 0 atom stereocenters. The van der Waals surface area contributed by atoms with Crippen molar-refractivity contribution in [2.45, 2.75) is 0 Å². The van der Waals surface area contributed by atoms with Crippen LogP contribution in [0.5, 0.6) is 0 Å². The van der Waals surface area contributed by atoms with Crippen LogP contribution in [0, 0.1) is 0 Å². The molecule has 0 bridgehead atoms. The van der Waals surface area contributed by atoms with Gasteiger partial charge in [0.1, 0.15) is 0 Å². The second-order valence-electron chi connectivity index (χ2n) is 16.6. The van der Waals surface area contributed by atoms with Crippen LogP contribution in [0.15, 0.2) is 224 Å². The summed E-state index contributed by atoms with van der Waals surface area (Å²) in [6.07, 6.45) is 0. The second kappa shape index (κ2) is 15.9. The standard InChI is InChI=1S/C61H37N3S2/c1-3-16-38(17-4-1)39-32-34-42(35-33-39)55-48(45-25-13-21-40-20-7-8-22-43(40)45)37-36-44(41-18-5-2-6-19-41)56(55)61-63-59(51-28-14-26-49-46-23-9-11-30-53(46)65-57(49)51)62-60(64-61)52-29-15-27-50-47-24-10-12-31-54(47)66-58(50)52/h1-37H. The van der Waals surface area contributed by atoms with Gasteiger partial charge in [-0.1, -0.05) is 200 Å². The highest BCUT2D eigenvalue weighted by atomic mass is 32.1. The summed E-state index contributed by atoms with van der Waals surface area (Å²) < 4.78 is 4.79. The molecule has 3 heterocycles. The van der Waals surface area contributed by atoms with Crippen molar-refractivity contribution < 1.29 is 0 Å². The zero-order valence-corrected chi connectivity index (χ0v) is 37.2. The van der Waals surface area contributed by atoms with Gasteiger partial charge in [0.2, 0.25) is 0 Å². The second-order valence-corrected chi connectivity index (χ2v) is 18.7. The van der Waals surface area contributed by atoms with Crippen LogP contribution >= 0.6 is 22.7 Å². The minimum absolute atomic E-state index is 0.620. The van der Waals surface area contributed by atoms with E-state index in [0.717, 1.165) is 65.0 Å². The predicted octanol–water partition coefficient (Wildman–Crippen LogP) is 17.4. The van der Waals surface area contributed by atoms with Crippen LogP contribution in [-0.4, -0.2) is 15.0 Å². The molecule has 0 aliphatic carbocycles. The Bertz CT molecular complexity index is 3850. The third-order valence-electron chi connectivity index (χ3n) is 12.8. The van der Waals surface area contributed by atoms with E-state index in [2.05, 4.69) is 224 Å². The summed E-state index contributed by atoms with van der Waals surface area (Å²) in [4.78, 5) is 16.8. The summed E-state index contributed by atoms with van der Waals surface area (Å²) in [5.41, 5.74) is 11.8. The van der Waals surface area contributed by atoms with E-state index in [-0.39, 0.29) is 0 Å². The monoisotopic (exact) mass is 875 g/mol. The van der Waals surface area contributed by atoms with Gasteiger partial charge in [0.15, 0.2) is 17.5 Å². The summed E-state index contributed by atoms with van der Waals surface area (Å²) in [6, 6.07) is 80.5. The van der Waals surface area contributed by atoms with Crippen molar-refractivity contribution in [1.82, 2.24) is 15.0 Å². The Labute approximate surface area is 389 Å². The quantitative estimate of drug-likeness (QED) is 0.160. The number of nitrogens with zero attached hydrogens (tertiary/aromatic N) is 3. The van der Waals surface area contributed by atoms with Crippen LogP contribution < -0.4 is 0 Å². The van der Waals surface area contributed by atoms with Crippen LogP contribution in [0.3, 0.4) is 0 Å². The highest BCUT2D eigenvalue weighted by Crippen LogP contribution is 2.48. The van der Waals surface area contributed by atoms with Crippen molar-refractivity contribution in [2.75, 3.05) is 0 Å². The minimum atomic E-state index is 0.620. The van der Waals surface area contributed by atoms with Crippen molar-refractivity contribution in [3.63, 3.8) is 0 Å². The lowest BCUT2D eigenvalue weighted by atomic mass is 9.83. The average Bonchev–Trinajstić information content (AvgIpc) is 3.97.